The van der Waals surface area contributed by atoms with Crippen LogP contribution in [0, 0.1) is 0 Å². The summed E-state index contributed by atoms with van der Waals surface area (Å²) in [6.45, 7) is 0.670. The second kappa shape index (κ2) is 6.22. The summed E-state index contributed by atoms with van der Waals surface area (Å²) in [6.07, 6.45) is 1.61. The van der Waals surface area contributed by atoms with Crippen LogP contribution in [0.15, 0.2) is 41.0 Å². The van der Waals surface area contributed by atoms with Crippen LogP contribution in [0.5, 0.6) is 0 Å². The van der Waals surface area contributed by atoms with Crippen LogP contribution in [-0.2, 0) is 0 Å². The molecule has 0 spiro atoms. The summed E-state index contributed by atoms with van der Waals surface area (Å²) in [5.41, 5.74) is 0.615. The fourth-order valence-corrected chi connectivity index (χ4v) is 3.62. The maximum Gasteiger partial charge on any atom is 0.323 e. The number of benzene rings is 1. The summed E-state index contributed by atoms with van der Waals surface area (Å²) in [7, 11) is 0. The van der Waals surface area contributed by atoms with Crippen molar-refractivity contribution in [3.05, 3.63) is 52.4 Å². The van der Waals surface area contributed by atoms with Gasteiger partial charge in [-0.25, -0.2) is 4.79 Å². The molecule has 1 atom stereocenters. The van der Waals surface area contributed by atoms with Gasteiger partial charge in [0.1, 0.15) is 11.1 Å². The Balaban J connectivity index is 1.73. The standard InChI is InChI=1S/C14H12Cl2N2O2S/c15-10-4-3-9(8-11(10)16)17-14(19)18-5-7-21-13(18)12-2-1-6-20-12/h1-4,6,8,13H,5,7H2,(H,17,19)/t13-/m1/s1. The molecule has 2 aromatic rings. The van der Waals surface area contributed by atoms with Crippen LogP contribution >= 0.6 is 35.0 Å². The predicted molar refractivity (Wildman–Crippen MR) is 86.1 cm³/mol. The number of amides is 2. The highest BCUT2D eigenvalue weighted by Gasteiger charge is 2.32. The molecule has 0 saturated carbocycles. The quantitative estimate of drug-likeness (QED) is 0.846. The van der Waals surface area contributed by atoms with Gasteiger partial charge in [-0.2, -0.15) is 0 Å². The zero-order valence-corrected chi connectivity index (χ0v) is 13.2. The molecule has 1 saturated heterocycles. The number of hydrogen-bond acceptors (Lipinski definition) is 3. The molecule has 2 amide bonds. The first-order valence-corrected chi connectivity index (χ1v) is 8.13. The van der Waals surface area contributed by atoms with Gasteiger partial charge in [-0.1, -0.05) is 23.2 Å². The highest BCUT2D eigenvalue weighted by molar-refractivity contribution is 7.99. The SMILES string of the molecule is O=C(Nc1ccc(Cl)c(Cl)c1)N1CCS[C@@H]1c1ccco1. The van der Waals surface area contributed by atoms with E-state index in [-0.39, 0.29) is 11.4 Å². The zero-order valence-electron chi connectivity index (χ0n) is 10.9. The third-order valence-corrected chi connectivity index (χ3v) is 5.07. The zero-order chi connectivity index (χ0) is 14.8. The Hall–Kier alpha value is -1.30. The van der Waals surface area contributed by atoms with E-state index in [2.05, 4.69) is 5.32 Å². The molecule has 0 bridgehead atoms. The average molecular weight is 343 g/mol. The number of halogens is 2. The Morgan fingerprint density at radius 2 is 2.19 bits per heavy atom. The van der Waals surface area contributed by atoms with Crippen molar-refractivity contribution in [2.24, 2.45) is 0 Å². The summed E-state index contributed by atoms with van der Waals surface area (Å²) in [5.74, 6) is 1.65. The van der Waals surface area contributed by atoms with Crippen LogP contribution in [0.1, 0.15) is 11.1 Å². The third kappa shape index (κ3) is 3.15. The minimum atomic E-state index is -0.181. The van der Waals surface area contributed by atoms with E-state index in [0.717, 1.165) is 11.5 Å². The van der Waals surface area contributed by atoms with Gasteiger partial charge in [0, 0.05) is 18.0 Å². The van der Waals surface area contributed by atoms with Crippen LogP contribution in [0.25, 0.3) is 0 Å². The molecular weight excluding hydrogens is 331 g/mol. The van der Waals surface area contributed by atoms with Gasteiger partial charge in [0.25, 0.3) is 0 Å². The van der Waals surface area contributed by atoms with Gasteiger partial charge in [-0.05, 0) is 30.3 Å². The van der Waals surface area contributed by atoms with Gasteiger partial charge < -0.3 is 14.6 Å². The Labute approximate surface area is 136 Å². The van der Waals surface area contributed by atoms with Gasteiger partial charge in [0.05, 0.1) is 16.3 Å². The van der Waals surface area contributed by atoms with Crippen LogP contribution in [0.3, 0.4) is 0 Å². The smallest absolute Gasteiger partial charge is 0.323 e. The lowest BCUT2D eigenvalue weighted by Gasteiger charge is -2.22. The molecule has 1 fully saturated rings. The molecule has 4 nitrogen and oxygen atoms in total. The molecule has 1 aromatic carbocycles. The topological polar surface area (TPSA) is 45.5 Å². The second-order valence-electron chi connectivity index (χ2n) is 4.49. The molecular formula is C14H12Cl2N2O2S. The number of furan rings is 1. The number of rotatable bonds is 2. The highest BCUT2D eigenvalue weighted by Crippen LogP contribution is 2.38. The molecule has 1 aliphatic rings. The summed E-state index contributed by atoms with van der Waals surface area (Å²) in [5, 5.41) is 3.61. The molecule has 0 radical (unpaired) electrons. The molecule has 21 heavy (non-hydrogen) atoms. The molecule has 0 unspecified atom stereocenters. The van der Waals surface area contributed by atoms with Crippen molar-refractivity contribution >= 4 is 46.7 Å². The number of thioether (sulfide) groups is 1. The average Bonchev–Trinajstić information content (AvgIpc) is 3.12. The maximum atomic E-state index is 12.4. The predicted octanol–water partition coefficient (Wildman–Crippen LogP) is 4.87. The van der Waals surface area contributed by atoms with E-state index in [0.29, 0.717) is 22.3 Å². The van der Waals surface area contributed by atoms with Crippen LogP contribution < -0.4 is 5.32 Å². The Morgan fingerprint density at radius 1 is 1.33 bits per heavy atom. The lowest BCUT2D eigenvalue weighted by atomic mass is 10.3. The van der Waals surface area contributed by atoms with Crippen molar-refractivity contribution < 1.29 is 9.21 Å². The molecule has 1 aliphatic heterocycles. The highest BCUT2D eigenvalue weighted by atomic mass is 35.5. The first kappa shape index (κ1) is 14.6. The second-order valence-corrected chi connectivity index (χ2v) is 6.49. The number of anilines is 1. The van der Waals surface area contributed by atoms with Gasteiger partial charge in [-0.3, -0.25) is 0 Å². The Kier molecular flexibility index (Phi) is 4.33. The molecule has 0 aliphatic carbocycles. The minimum absolute atomic E-state index is 0.0947. The van der Waals surface area contributed by atoms with Gasteiger partial charge >= 0.3 is 6.03 Å². The molecule has 2 heterocycles. The lowest BCUT2D eigenvalue weighted by molar-refractivity contribution is 0.210. The number of nitrogens with one attached hydrogen (secondary N) is 1. The number of carbonyl (C=O) groups is 1. The van der Waals surface area contributed by atoms with Gasteiger partial charge in [0.2, 0.25) is 0 Å². The summed E-state index contributed by atoms with van der Waals surface area (Å²) < 4.78 is 5.40. The number of nitrogens with zero attached hydrogens (tertiary/aromatic N) is 1. The van der Waals surface area contributed by atoms with Gasteiger partial charge in [-0.15, -0.1) is 11.8 Å². The lowest BCUT2D eigenvalue weighted by Crippen LogP contribution is -2.34. The molecule has 3 rings (SSSR count). The largest absolute Gasteiger partial charge is 0.466 e. The molecule has 7 heteroatoms. The van der Waals surface area contributed by atoms with E-state index < -0.39 is 0 Å². The monoisotopic (exact) mass is 342 g/mol. The van der Waals surface area contributed by atoms with Gasteiger partial charge in [0.15, 0.2) is 0 Å². The first-order valence-electron chi connectivity index (χ1n) is 6.33. The number of carbonyl (C=O) groups excluding carboxylic acids is 1. The Bertz CT molecular complexity index is 648. The first-order chi connectivity index (χ1) is 10.1. The summed E-state index contributed by atoms with van der Waals surface area (Å²) >= 11 is 13.5. The van der Waals surface area contributed by atoms with E-state index >= 15 is 0 Å². The van der Waals surface area contributed by atoms with E-state index in [9.17, 15) is 4.79 Å². The summed E-state index contributed by atoms with van der Waals surface area (Å²) in [6, 6.07) is 8.53. The Morgan fingerprint density at radius 3 is 2.90 bits per heavy atom. The van der Waals surface area contributed by atoms with Crippen molar-refractivity contribution in [1.29, 1.82) is 0 Å². The van der Waals surface area contributed by atoms with E-state index in [4.69, 9.17) is 27.6 Å². The normalized spacial score (nSPS) is 18.0. The maximum absolute atomic E-state index is 12.4. The molecule has 1 N–H and O–H groups in total. The number of hydrogen-bond donors (Lipinski definition) is 1. The fraction of sp³-hybridized carbons (Fsp3) is 0.214. The summed E-state index contributed by atoms with van der Waals surface area (Å²) in [4.78, 5) is 14.1. The van der Waals surface area contributed by atoms with Crippen LogP contribution in [-0.4, -0.2) is 23.2 Å². The van der Waals surface area contributed by atoms with Crippen LogP contribution in [0.2, 0.25) is 10.0 Å². The number of urea groups is 1. The molecule has 1 aromatic heterocycles. The van der Waals surface area contributed by atoms with E-state index in [1.807, 2.05) is 12.1 Å². The van der Waals surface area contributed by atoms with Crippen molar-refractivity contribution in [2.45, 2.75) is 5.37 Å². The van der Waals surface area contributed by atoms with E-state index in [1.165, 1.54) is 0 Å². The minimum Gasteiger partial charge on any atom is -0.466 e. The van der Waals surface area contributed by atoms with Crippen molar-refractivity contribution in [2.75, 3.05) is 17.6 Å². The van der Waals surface area contributed by atoms with Crippen molar-refractivity contribution in [3.8, 4) is 0 Å². The third-order valence-electron chi connectivity index (χ3n) is 3.11. The van der Waals surface area contributed by atoms with Crippen LogP contribution in [0.4, 0.5) is 10.5 Å². The van der Waals surface area contributed by atoms with E-state index in [1.54, 1.807) is 41.1 Å². The molecule has 110 valence electrons. The fourth-order valence-electron chi connectivity index (χ4n) is 2.11. The van der Waals surface area contributed by atoms with Crippen molar-refractivity contribution in [3.63, 3.8) is 0 Å². The van der Waals surface area contributed by atoms with Crippen molar-refractivity contribution in [1.82, 2.24) is 4.90 Å².